The van der Waals surface area contributed by atoms with Gasteiger partial charge in [0.15, 0.2) is 5.17 Å². The minimum atomic E-state index is -0.467. The van der Waals surface area contributed by atoms with E-state index in [4.69, 9.17) is 4.74 Å². The molecular weight excluding hydrogens is 362 g/mol. The summed E-state index contributed by atoms with van der Waals surface area (Å²) < 4.78 is 5.18. The fourth-order valence-corrected chi connectivity index (χ4v) is 3.82. The summed E-state index contributed by atoms with van der Waals surface area (Å²) in [5.41, 5.74) is 1.74. The van der Waals surface area contributed by atoms with Crippen LogP contribution in [0, 0.1) is 0 Å². The van der Waals surface area contributed by atoms with Gasteiger partial charge in [0.05, 0.1) is 19.3 Å². The molecule has 0 bridgehead atoms. The molecule has 140 valence electrons. The Hall–Kier alpha value is -2.80. The highest BCUT2D eigenvalue weighted by Crippen LogP contribution is 2.32. The van der Waals surface area contributed by atoms with E-state index in [0.717, 1.165) is 17.0 Å². The highest BCUT2D eigenvalue weighted by Gasteiger charge is 2.39. The Labute approximate surface area is 162 Å². The van der Waals surface area contributed by atoms with Crippen molar-refractivity contribution >= 4 is 34.4 Å². The minimum absolute atomic E-state index is 0.103. The third-order valence-electron chi connectivity index (χ3n) is 4.15. The molecule has 3 rings (SSSR count). The molecule has 1 N–H and O–H groups in total. The number of nitrogens with one attached hydrogen (secondary N) is 1. The average molecular weight is 383 g/mol. The summed E-state index contributed by atoms with van der Waals surface area (Å²) in [6.07, 6.45) is 0.132. The number of rotatable bonds is 6. The molecule has 0 saturated carbocycles. The predicted octanol–water partition coefficient (Wildman–Crippen LogP) is 2.96. The van der Waals surface area contributed by atoms with Crippen molar-refractivity contribution in [3.8, 4) is 5.75 Å². The number of amidine groups is 1. The molecule has 1 aliphatic heterocycles. The maximum absolute atomic E-state index is 12.9. The van der Waals surface area contributed by atoms with Crippen LogP contribution >= 0.6 is 11.8 Å². The Balaban J connectivity index is 1.86. The quantitative estimate of drug-likeness (QED) is 0.833. The van der Waals surface area contributed by atoms with Crippen LogP contribution in [0.1, 0.15) is 12.0 Å². The average Bonchev–Trinajstić information content (AvgIpc) is 2.98. The number of benzene rings is 2. The van der Waals surface area contributed by atoms with Crippen molar-refractivity contribution in [3.05, 3.63) is 60.2 Å². The summed E-state index contributed by atoms with van der Waals surface area (Å²) in [5, 5.41) is 2.72. The lowest BCUT2D eigenvalue weighted by molar-refractivity contribution is -0.129. The number of amides is 2. The summed E-state index contributed by atoms with van der Waals surface area (Å²) in [5.74, 6) is 0.497. The summed E-state index contributed by atoms with van der Waals surface area (Å²) in [6, 6.07) is 17.0. The number of hydrogen-bond acceptors (Lipinski definition) is 5. The van der Waals surface area contributed by atoms with Gasteiger partial charge in [0.1, 0.15) is 11.0 Å². The first-order chi connectivity index (χ1) is 13.1. The third kappa shape index (κ3) is 4.68. The molecule has 2 amide bonds. The van der Waals surface area contributed by atoms with E-state index >= 15 is 0 Å². The van der Waals surface area contributed by atoms with Crippen molar-refractivity contribution in [2.24, 2.45) is 4.99 Å². The van der Waals surface area contributed by atoms with Gasteiger partial charge in [0.25, 0.3) is 0 Å². The molecule has 1 aliphatic rings. The number of methoxy groups -OCH3 is 1. The number of carbonyl (C=O) groups is 2. The fourth-order valence-electron chi connectivity index (χ4n) is 2.67. The van der Waals surface area contributed by atoms with Crippen LogP contribution < -0.4 is 10.1 Å². The molecule has 0 aliphatic carbocycles. The molecule has 1 fully saturated rings. The first-order valence-corrected chi connectivity index (χ1v) is 9.44. The summed E-state index contributed by atoms with van der Waals surface area (Å²) in [6.45, 7) is 0.395. The van der Waals surface area contributed by atoms with Crippen LogP contribution in [0.4, 0.5) is 5.69 Å². The van der Waals surface area contributed by atoms with Crippen LogP contribution in [0.3, 0.4) is 0 Å². The molecular formula is C20H21N3O3S. The van der Waals surface area contributed by atoms with E-state index in [1.807, 2.05) is 54.6 Å². The van der Waals surface area contributed by atoms with E-state index in [2.05, 4.69) is 10.3 Å². The second-order valence-corrected chi connectivity index (χ2v) is 7.16. The smallest absolute Gasteiger partial charge is 0.242 e. The highest BCUT2D eigenvalue weighted by atomic mass is 32.2. The molecule has 0 radical (unpaired) electrons. The largest absolute Gasteiger partial charge is 0.497 e. The van der Waals surface area contributed by atoms with Gasteiger partial charge in [-0.05, 0) is 29.8 Å². The van der Waals surface area contributed by atoms with Crippen LogP contribution in [-0.2, 0) is 16.1 Å². The fraction of sp³-hybridized carbons (Fsp3) is 0.250. The molecule has 27 heavy (non-hydrogen) atoms. The van der Waals surface area contributed by atoms with Crippen molar-refractivity contribution in [1.29, 1.82) is 0 Å². The summed E-state index contributed by atoms with van der Waals surface area (Å²) in [7, 11) is 3.18. The Bertz CT molecular complexity index is 837. The second-order valence-electron chi connectivity index (χ2n) is 5.99. The van der Waals surface area contributed by atoms with E-state index in [0.29, 0.717) is 11.7 Å². The van der Waals surface area contributed by atoms with Crippen molar-refractivity contribution in [2.75, 3.05) is 14.2 Å². The molecule has 2 aromatic rings. The highest BCUT2D eigenvalue weighted by molar-refractivity contribution is 8.15. The SMILES string of the molecule is CNC(=O)C[C@@H]1SC(=Nc2ccccc2)N(Cc2ccc(OC)cc2)C1=O. The van der Waals surface area contributed by atoms with E-state index < -0.39 is 5.25 Å². The molecule has 7 heteroatoms. The van der Waals surface area contributed by atoms with Gasteiger partial charge < -0.3 is 10.1 Å². The predicted molar refractivity (Wildman–Crippen MR) is 107 cm³/mol. The lowest BCUT2D eigenvalue weighted by Crippen LogP contribution is -2.33. The zero-order chi connectivity index (χ0) is 19.2. The molecule has 0 unspecified atom stereocenters. The standard InChI is InChI=1S/C20H21N3O3S/c1-21-18(24)12-17-19(25)23(13-14-8-10-16(26-2)11-9-14)20(27-17)22-15-6-4-3-5-7-15/h3-11,17H,12-13H2,1-2H3,(H,21,24)/t17-/m0/s1. The molecule has 1 heterocycles. The number of hydrogen-bond donors (Lipinski definition) is 1. The lowest BCUT2D eigenvalue weighted by Gasteiger charge is -2.17. The van der Waals surface area contributed by atoms with Gasteiger partial charge in [0, 0.05) is 13.5 Å². The van der Waals surface area contributed by atoms with Crippen LogP contribution in [0.2, 0.25) is 0 Å². The second kappa shape index (κ2) is 8.73. The molecule has 1 saturated heterocycles. The van der Waals surface area contributed by atoms with E-state index in [1.165, 1.54) is 11.8 Å². The van der Waals surface area contributed by atoms with Crippen molar-refractivity contribution in [2.45, 2.75) is 18.2 Å². The Morgan fingerprint density at radius 3 is 2.52 bits per heavy atom. The summed E-state index contributed by atoms with van der Waals surface area (Å²) in [4.78, 5) is 30.9. The third-order valence-corrected chi connectivity index (χ3v) is 5.33. The molecule has 0 spiro atoms. The first-order valence-electron chi connectivity index (χ1n) is 8.56. The zero-order valence-electron chi connectivity index (χ0n) is 15.2. The van der Waals surface area contributed by atoms with Crippen LogP contribution in [-0.4, -0.2) is 41.3 Å². The number of ether oxygens (including phenoxy) is 1. The van der Waals surface area contributed by atoms with Crippen molar-refractivity contribution in [3.63, 3.8) is 0 Å². The minimum Gasteiger partial charge on any atom is -0.497 e. The van der Waals surface area contributed by atoms with E-state index in [1.54, 1.807) is 19.1 Å². The lowest BCUT2D eigenvalue weighted by atomic mass is 10.2. The van der Waals surface area contributed by atoms with Crippen LogP contribution in [0.15, 0.2) is 59.6 Å². The monoisotopic (exact) mass is 383 g/mol. The topological polar surface area (TPSA) is 71.0 Å². The number of nitrogens with zero attached hydrogens (tertiary/aromatic N) is 2. The zero-order valence-corrected chi connectivity index (χ0v) is 16.0. The van der Waals surface area contributed by atoms with Gasteiger partial charge in [-0.15, -0.1) is 0 Å². The number of thioether (sulfide) groups is 1. The number of para-hydroxylation sites is 1. The van der Waals surface area contributed by atoms with Gasteiger partial charge in [-0.25, -0.2) is 4.99 Å². The number of aliphatic imine (C=N–C) groups is 1. The van der Waals surface area contributed by atoms with Gasteiger partial charge >= 0.3 is 0 Å². The molecule has 1 atom stereocenters. The van der Waals surface area contributed by atoms with Crippen molar-refractivity contribution < 1.29 is 14.3 Å². The van der Waals surface area contributed by atoms with Gasteiger partial charge in [-0.2, -0.15) is 0 Å². The Kier molecular flexibility index (Phi) is 6.13. The first kappa shape index (κ1) is 19.0. The van der Waals surface area contributed by atoms with E-state index in [-0.39, 0.29) is 18.2 Å². The summed E-state index contributed by atoms with van der Waals surface area (Å²) >= 11 is 1.33. The maximum atomic E-state index is 12.9. The van der Waals surface area contributed by atoms with Gasteiger partial charge in [-0.1, -0.05) is 42.1 Å². The number of carbonyl (C=O) groups excluding carboxylic acids is 2. The molecule has 2 aromatic carbocycles. The normalized spacial score (nSPS) is 18.0. The molecule has 0 aromatic heterocycles. The maximum Gasteiger partial charge on any atom is 0.242 e. The van der Waals surface area contributed by atoms with Gasteiger partial charge in [-0.3, -0.25) is 14.5 Å². The Morgan fingerprint density at radius 1 is 1.19 bits per heavy atom. The van der Waals surface area contributed by atoms with E-state index in [9.17, 15) is 9.59 Å². The van der Waals surface area contributed by atoms with Crippen LogP contribution in [0.25, 0.3) is 0 Å². The van der Waals surface area contributed by atoms with Crippen LogP contribution in [0.5, 0.6) is 5.75 Å². The van der Waals surface area contributed by atoms with Gasteiger partial charge in [0.2, 0.25) is 11.8 Å². The Morgan fingerprint density at radius 2 is 1.89 bits per heavy atom. The molecule has 6 nitrogen and oxygen atoms in total. The van der Waals surface area contributed by atoms with Crippen molar-refractivity contribution in [1.82, 2.24) is 10.2 Å².